The predicted molar refractivity (Wildman–Crippen MR) is 63.4 cm³/mol. The van der Waals surface area contributed by atoms with Crippen LogP contribution in [0.3, 0.4) is 0 Å². The van der Waals surface area contributed by atoms with Crippen LogP contribution in [0.2, 0.25) is 0 Å². The van der Waals surface area contributed by atoms with Gasteiger partial charge in [-0.2, -0.15) is 0 Å². The lowest BCUT2D eigenvalue weighted by Gasteiger charge is -2.09. The zero-order chi connectivity index (χ0) is 11.7. The van der Waals surface area contributed by atoms with E-state index < -0.39 is 11.9 Å². The number of rotatable bonds is 9. The second kappa shape index (κ2) is 8.67. The van der Waals surface area contributed by atoms with Gasteiger partial charge in [0.05, 0.1) is 17.4 Å². The molecule has 0 aliphatic carbocycles. The normalized spacial score (nSPS) is 10.2. The smallest absolute Gasteiger partial charge is 0.304 e. The number of carboxylic acids is 2. The summed E-state index contributed by atoms with van der Waals surface area (Å²) >= 11 is 2.95. The molecule has 0 aliphatic rings. The monoisotopic (exact) mass is 250 g/mol. The number of hydrogen-bond acceptors (Lipinski definition) is 4. The van der Waals surface area contributed by atoms with Crippen LogP contribution < -0.4 is 0 Å². The quantitative estimate of drug-likeness (QED) is 0.481. The lowest BCUT2D eigenvalue weighted by molar-refractivity contribution is -0.137. The molecule has 4 nitrogen and oxygen atoms in total. The van der Waals surface area contributed by atoms with Gasteiger partial charge in [0, 0.05) is 11.5 Å². The summed E-state index contributed by atoms with van der Waals surface area (Å²) in [6.07, 6.45) is 1.95. The Labute approximate surface area is 97.1 Å². The van der Waals surface area contributed by atoms with Crippen LogP contribution in [0, 0.1) is 0 Å². The van der Waals surface area contributed by atoms with Gasteiger partial charge in [0.1, 0.15) is 0 Å². The SMILES string of the molecule is C=CC(SCCC(=O)O)SCCC(=O)O. The van der Waals surface area contributed by atoms with Crippen LogP contribution in [-0.4, -0.2) is 38.2 Å². The van der Waals surface area contributed by atoms with Crippen molar-refractivity contribution in [2.45, 2.75) is 17.4 Å². The van der Waals surface area contributed by atoms with Gasteiger partial charge in [0.15, 0.2) is 0 Å². The average molecular weight is 250 g/mol. The van der Waals surface area contributed by atoms with Crippen molar-refractivity contribution in [3.63, 3.8) is 0 Å². The fourth-order valence-electron chi connectivity index (χ4n) is 0.709. The van der Waals surface area contributed by atoms with Crippen LogP contribution in [-0.2, 0) is 9.59 Å². The van der Waals surface area contributed by atoms with Gasteiger partial charge in [-0.3, -0.25) is 9.59 Å². The molecule has 0 spiro atoms. The molecule has 6 heteroatoms. The number of thioether (sulfide) groups is 2. The standard InChI is InChI=1S/C9H14O4S2/c1-2-9(14-5-3-7(10)11)15-6-4-8(12)13/h2,9H,1,3-6H2,(H,10,11)(H,12,13). The lowest BCUT2D eigenvalue weighted by Crippen LogP contribution is -2.02. The highest BCUT2D eigenvalue weighted by Crippen LogP contribution is 2.25. The molecule has 0 saturated heterocycles. The molecule has 0 amide bonds. The molecule has 0 unspecified atom stereocenters. The van der Waals surface area contributed by atoms with Gasteiger partial charge in [-0.05, 0) is 0 Å². The highest BCUT2D eigenvalue weighted by atomic mass is 32.2. The Balaban J connectivity index is 3.59. The molecule has 0 aliphatic heterocycles. The van der Waals surface area contributed by atoms with E-state index in [1.807, 2.05) is 0 Å². The van der Waals surface area contributed by atoms with E-state index in [4.69, 9.17) is 10.2 Å². The van der Waals surface area contributed by atoms with Crippen LogP contribution in [0.1, 0.15) is 12.8 Å². The van der Waals surface area contributed by atoms with Gasteiger partial charge in [0.2, 0.25) is 0 Å². The van der Waals surface area contributed by atoms with E-state index in [1.165, 1.54) is 23.5 Å². The summed E-state index contributed by atoms with van der Waals surface area (Å²) in [7, 11) is 0. The van der Waals surface area contributed by atoms with Crippen LogP contribution >= 0.6 is 23.5 Å². The zero-order valence-corrected chi connectivity index (χ0v) is 9.85. The highest BCUT2D eigenvalue weighted by Gasteiger charge is 2.07. The maximum Gasteiger partial charge on any atom is 0.304 e. The molecular weight excluding hydrogens is 236 g/mol. The van der Waals surface area contributed by atoms with Crippen molar-refractivity contribution in [3.05, 3.63) is 12.7 Å². The number of carbonyl (C=O) groups is 2. The summed E-state index contributed by atoms with van der Waals surface area (Å²) in [4.78, 5) is 20.5. The summed E-state index contributed by atoms with van der Waals surface area (Å²) in [5.41, 5.74) is 0. The Morgan fingerprint density at radius 3 is 1.80 bits per heavy atom. The third-order valence-corrected chi connectivity index (χ3v) is 4.13. The van der Waals surface area contributed by atoms with Crippen molar-refractivity contribution in [1.82, 2.24) is 0 Å². The van der Waals surface area contributed by atoms with Gasteiger partial charge in [-0.15, -0.1) is 30.1 Å². The summed E-state index contributed by atoms with van der Waals surface area (Å²) in [6.45, 7) is 3.62. The maximum absolute atomic E-state index is 10.2. The Morgan fingerprint density at radius 1 is 1.13 bits per heavy atom. The molecule has 0 saturated carbocycles. The minimum Gasteiger partial charge on any atom is -0.481 e. The van der Waals surface area contributed by atoms with E-state index in [-0.39, 0.29) is 17.4 Å². The molecule has 15 heavy (non-hydrogen) atoms. The Kier molecular flexibility index (Phi) is 8.31. The van der Waals surface area contributed by atoms with Gasteiger partial charge < -0.3 is 10.2 Å². The molecule has 0 bridgehead atoms. The third kappa shape index (κ3) is 9.68. The number of carboxylic acid groups (broad SMARTS) is 2. The van der Waals surface area contributed by atoms with Crippen molar-refractivity contribution in [2.75, 3.05) is 11.5 Å². The average Bonchev–Trinajstić information content (AvgIpc) is 2.14. The molecule has 0 rings (SSSR count). The third-order valence-electron chi connectivity index (χ3n) is 1.39. The predicted octanol–water partition coefficient (Wildman–Crippen LogP) is 1.91. The topological polar surface area (TPSA) is 74.6 Å². The van der Waals surface area contributed by atoms with E-state index in [1.54, 1.807) is 6.08 Å². The summed E-state index contributed by atoms with van der Waals surface area (Å²) in [6, 6.07) is 0. The largest absolute Gasteiger partial charge is 0.481 e. The van der Waals surface area contributed by atoms with Gasteiger partial charge in [-0.1, -0.05) is 6.08 Å². The molecule has 86 valence electrons. The first-order valence-corrected chi connectivity index (χ1v) is 6.45. The highest BCUT2D eigenvalue weighted by molar-refractivity contribution is 8.17. The van der Waals surface area contributed by atoms with E-state index >= 15 is 0 Å². The van der Waals surface area contributed by atoms with Crippen molar-refractivity contribution >= 4 is 35.5 Å². The van der Waals surface area contributed by atoms with Crippen LogP contribution in [0.15, 0.2) is 12.7 Å². The molecule has 0 heterocycles. The molecule has 0 fully saturated rings. The molecular formula is C9H14O4S2. The van der Waals surface area contributed by atoms with Crippen molar-refractivity contribution < 1.29 is 19.8 Å². The van der Waals surface area contributed by atoms with Crippen LogP contribution in [0.4, 0.5) is 0 Å². The van der Waals surface area contributed by atoms with Crippen molar-refractivity contribution in [3.8, 4) is 0 Å². The molecule has 2 N–H and O–H groups in total. The minimum absolute atomic E-state index is 0.0729. The molecule has 0 aromatic heterocycles. The van der Waals surface area contributed by atoms with E-state index in [9.17, 15) is 9.59 Å². The molecule has 0 aromatic carbocycles. The first-order valence-electron chi connectivity index (χ1n) is 4.35. The molecule has 0 atom stereocenters. The Morgan fingerprint density at radius 2 is 1.53 bits per heavy atom. The minimum atomic E-state index is -0.819. The fourth-order valence-corrected chi connectivity index (χ4v) is 2.99. The van der Waals surface area contributed by atoms with E-state index in [0.29, 0.717) is 11.5 Å². The summed E-state index contributed by atoms with van der Waals surface area (Å²) < 4.78 is 0.0729. The second-order valence-corrected chi connectivity index (χ2v) is 5.43. The lowest BCUT2D eigenvalue weighted by atomic mass is 10.5. The van der Waals surface area contributed by atoms with Gasteiger partial charge in [0.25, 0.3) is 0 Å². The van der Waals surface area contributed by atoms with Crippen LogP contribution in [0.25, 0.3) is 0 Å². The summed E-state index contributed by atoms with van der Waals surface area (Å²) in [5, 5.41) is 16.8. The molecule has 0 aromatic rings. The maximum atomic E-state index is 10.2. The summed E-state index contributed by atoms with van der Waals surface area (Å²) in [5.74, 6) is -0.597. The van der Waals surface area contributed by atoms with Crippen molar-refractivity contribution in [1.29, 1.82) is 0 Å². The van der Waals surface area contributed by atoms with Gasteiger partial charge >= 0.3 is 11.9 Å². The number of hydrogen-bond donors (Lipinski definition) is 2. The molecule has 0 radical (unpaired) electrons. The first-order chi connectivity index (χ1) is 7.06. The zero-order valence-electron chi connectivity index (χ0n) is 8.22. The fraction of sp³-hybridized carbons (Fsp3) is 0.556. The second-order valence-electron chi connectivity index (χ2n) is 2.63. The number of aliphatic carboxylic acids is 2. The Bertz CT molecular complexity index is 210. The first kappa shape index (κ1) is 14.4. The van der Waals surface area contributed by atoms with Gasteiger partial charge in [-0.25, -0.2) is 0 Å². The van der Waals surface area contributed by atoms with E-state index in [0.717, 1.165) is 0 Å². The van der Waals surface area contributed by atoms with E-state index in [2.05, 4.69) is 6.58 Å². The van der Waals surface area contributed by atoms with Crippen LogP contribution in [0.5, 0.6) is 0 Å². The Hall–Kier alpha value is -0.620. The van der Waals surface area contributed by atoms with Crippen molar-refractivity contribution in [2.24, 2.45) is 0 Å².